The summed E-state index contributed by atoms with van der Waals surface area (Å²) in [6.45, 7) is 1.46. The average Bonchev–Trinajstić information content (AvgIpc) is 2.62. The standard InChI is InChI=1S/C19H22N2O2/c1-23-18-9-11-21(19(22)16-8-5-10-20-13-16)14-17(18)12-15-6-3-2-4-7-15/h2-8,10,13,17-18H,9,11-12,14H2,1H3/t17-,18-/m1/s1. The van der Waals surface area contributed by atoms with Gasteiger partial charge in [-0.25, -0.2) is 0 Å². The fraction of sp³-hybridized carbons (Fsp3) is 0.368. The number of amides is 1. The molecule has 0 spiro atoms. The molecule has 120 valence electrons. The summed E-state index contributed by atoms with van der Waals surface area (Å²) < 4.78 is 5.66. The Balaban J connectivity index is 1.72. The Kier molecular flexibility index (Phi) is 5.03. The van der Waals surface area contributed by atoms with Crippen LogP contribution in [-0.4, -0.2) is 42.1 Å². The molecule has 1 aliphatic rings. The lowest BCUT2D eigenvalue weighted by Crippen LogP contribution is -2.47. The molecule has 23 heavy (non-hydrogen) atoms. The molecule has 2 heterocycles. The molecule has 0 radical (unpaired) electrons. The zero-order valence-corrected chi connectivity index (χ0v) is 13.4. The van der Waals surface area contributed by atoms with Gasteiger partial charge in [-0.2, -0.15) is 0 Å². The molecule has 1 aliphatic heterocycles. The minimum Gasteiger partial charge on any atom is -0.381 e. The first kappa shape index (κ1) is 15.7. The second-order valence-electron chi connectivity index (χ2n) is 6.01. The SMILES string of the molecule is CO[C@@H]1CCN(C(=O)c2cccnc2)C[C@H]1Cc1ccccc1. The van der Waals surface area contributed by atoms with Crippen LogP contribution in [0.1, 0.15) is 22.3 Å². The van der Waals surface area contributed by atoms with Crippen molar-refractivity contribution in [2.24, 2.45) is 5.92 Å². The predicted molar refractivity (Wildman–Crippen MR) is 89.2 cm³/mol. The Morgan fingerprint density at radius 2 is 2.09 bits per heavy atom. The third-order valence-electron chi connectivity index (χ3n) is 4.50. The van der Waals surface area contributed by atoms with E-state index in [2.05, 4.69) is 29.2 Å². The maximum Gasteiger partial charge on any atom is 0.255 e. The molecule has 4 heteroatoms. The summed E-state index contributed by atoms with van der Waals surface area (Å²) >= 11 is 0. The van der Waals surface area contributed by atoms with Gasteiger partial charge in [0, 0.05) is 38.5 Å². The number of hydrogen-bond acceptors (Lipinski definition) is 3. The van der Waals surface area contributed by atoms with Gasteiger partial charge in [-0.15, -0.1) is 0 Å². The predicted octanol–water partition coefficient (Wildman–Crippen LogP) is 2.80. The van der Waals surface area contributed by atoms with Crippen molar-refractivity contribution in [2.45, 2.75) is 18.9 Å². The summed E-state index contributed by atoms with van der Waals surface area (Å²) in [4.78, 5) is 18.6. The van der Waals surface area contributed by atoms with Crippen LogP contribution in [0.25, 0.3) is 0 Å². The molecular weight excluding hydrogens is 288 g/mol. The Labute approximate surface area is 137 Å². The molecule has 1 saturated heterocycles. The van der Waals surface area contributed by atoms with Gasteiger partial charge in [0.2, 0.25) is 0 Å². The summed E-state index contributed by atoms with van der Waals surface area (Å²) in [5.74, 6) is 0.377. The fourth-order valence-corrected chi connectivity index (χ4v) is 3.29. The molecule has 1 amide bonds. The molecular formula is C19H22N2O2. The highest BCUT2D eigenvalue weighted by molar-refractivity contribution is 5.93. The zero-order chi connectivity index (χ0) is 16.1. The maximum absolute atomic E-state index is 12.6. The number of likely N-dealkylation sites (tertiary alicyclic amines) is 1. The first-order valence-electron chi connectivity index (χ1n) is 8.04. The number of carbonyl (C=O) groups excluding carboxylic acids is 1. The molecule has 1 fully saturated rings. The van der Waals surface area contributed by atoms with Crippen molar-refractivity contribution >= 4 is 5.91 Å². The van der Waals surface area contributed by atoms with Gasteiger partial charge < -0.3 is 9.64 Å². The first-order chi connectivity index (χ1) is 11.3. The maximum atomic E-state index is 12.6. The Bertz CT molecular complexity index is 630. The molecule has 4 nitrogen and oxygen atoms in total. The Hall–Kier alpha value is -2.20. The van der Waals surface area contributed by atoms with Crippen molar-refractivity contribution in [1.29, 1.82) is 0 Å². The number of methoxy groups -OCH3 is 1. The summed E-state index contributed by atoms with van der Waals surface area (Å²) in [6, 6.07) is 14.0. The van der Waals surface area contributed by atoms with E-state index in [9.17, 15) is 4.79 Å². The molecule has 0 aliphatic carbocycles. The summed E-state index contributed by atoms with van der Waals surface area (Å²) in [6.07, 6.45) is 5.33. The molecule has 0 unspecified atom stereocenters. The van der Waals surface area contributed by atoms with Gasteiger partial charge in [-0.3, -0.25) is 9.78 Å². The van der Waals surface area contributed by atoms with E-state index in [1.165, 1.54) is 5.56 Å². The topological polar surface area (TPSA) is 42.4 Å². The Morgan fingerprint density at radius 1 is 1.26 bits per heavy atom. The molecule has 2 aromatic rings. The molecule has 2 atom stereocenters. The van der Waals surface area contributed by atoms with Gasteiger partial charge in [0.25, 0.3) is 5.91 Å². The lowest BCUT2D eigenvalue weighted by Gasteiger charge is -2.38. The number of benzene rings is 1. The number of pyridine rings is 1. The van der Waals surface area contributed by atoms with E-state index in [1.54, 1.807) is 25.6 Å². The minimum atomic E-state index is 0.0608. The molecule has 0 N–H and O–H groups in total. The first-order valence-corrected chi connectivity index (χ1v) is 8.04. The fourth-order valence-electron chi connectivity index (χ4n) is 3.29. The van der Waals surface area contributed by atoms with Gasteiger partial charge in [0.05, 0.1) is 11.7 Å². The van der Waals surface area contributed by atoms with E-state index in [-0.39, 0.29) is 12.0 Å². The second kappa shape index (κ2) is 7.38. The Morgan fingerprint density at radius 3 is 2.78 bits per heavy atom. The molecule has 0 saturated carbocycles. The van der Waals surface area contributed by atoms with E-state index in [0.29, 0.717) is 11.5 Å². The largest absolute Gasteiger partial charge is 0.381 e. The van der Waals surface area contributed by atoms with E-state index in [0.717, 1.165) is 25.9 Å². The summed E-state index contributed by atoms with van der Waals surface area (Å²) in [7, 11) is 1.77. The summed E-state index contributed by atoms with van der Waals surface area (Å²) in [5, 5.41) is 0. The average molecular weight is 310 g/mol. The molecule has 1 aromatic heterocycles. The van der Waals surface area contributed by atoms with Gasteiger partial charge in [0.1, 0.15) is 0 Å². The number of hydrogen-bond donors (Lipinski definition) is 0. The number of nitrogens with zero attached hydrogens (tertiary/aromatic N) is 2. The van der Waals surface area contributed by atoms with Crippen LogP contribution in [0.5, 0.6) is 0 Å². The minimum absolute atomic E-state index is 0.0608. The van der Waals surface area contributed by atoms with Crippen LogP contribution in [-0.2, 0) is 11.2 Å². The van der Waals surface area contributed by atoms with Gasteiger partial charge in [0.15, 0.2) is 0 Å². The molecule has 0 bridgehead atoms. The van der Waals surface area contributed by atoms with Crippen molar-refractivity contribution in [3.63, 3.8) is 0 Å². The van der Waals surface area contributed by atoms with E-state index in [4.69, 9.17) is 4.74 Å². The highest BCUT2D eigenvalue weighted by atomic mass is 16.5. The van der Waals surface area contributed by atoms with E-state index >= 15 is 0 Å². The third kappa shape index (κ3) is 3.77. The second-order valence-corrected chi connectivity index (χ2v) is 6.01. The monoisotopic (exact) mass is 310 g/mol. The number of aromatic nitrogens is 1. The lowest BCUT2D eigenvalue weighted by molar-refractivity contribution is -0.00300. The van der Waals surface area contributed by atoms with Crippen molar-refractivity contribution < 1.29 is 9.53 Å². The lowest BCUT2D eigenvalue weighted by atomic mass is 9.88. The number of carbonyl (C=O) groups is 1. The van der Waals surface area contributed by atoms with Crippen molar-refractivity contribution in [3.05, 3.63) is 66.0 Å². The van der Waals surface area contributed by atoms with Crippen LogP contribution >= 0.6 is 0 Å². The number of piperidine rings is 1. The number of ether oxygens (including phenoxy) is 1. The van der Waals surface area contributed by atoms with Gasteiger partial charge >= 0.3 is 0 Å². The van der Waals surface area contributed by atoms with Crippen LogP contribution in [0.2, 0.25) is 0 Å². The normalized spacial score (nSPS) is 21.2. The van der Waals surface area contributed by atoms with Crippen molar-refractivity contribution in [2.75, 3.05) is 20.2 Å². The quantitative estimate of drug-likeness (QED) is 0.872. The zero-order valence-electron chi connectivity index (χ0n) is 13.4. The van der Waals surface area contributed by atoms with E-state index in [1.807, 2.05) is 17.0 Å². The van der Waals surface area contributed by atoms with Crippen LogP contribution < -0.4 is 0 Å². The van der Waals surface area contributed by atoms with Crippen molar-refractivity contribution in [3.8, 4) is 0 Å². The third-order valence-corrected chi connectivity index (χ3v) is 4.50. The van der Waals surface area contributed by atoms with Crippen LogP contribution in [0.3, 0.4) is 0 Å². The highest BCUT2D eigenvalue weighted by Gasteiger charge is 2.32. The van der Waals surface area contributed by atoms with Gasteiger partial charge in [-0.05, 0) is 30.5 Å². The highest BCUT2D eigenvalue weighted by Crippen LogP contribution is 2.24. The van der Waals surface area contributed by atoms with Crippen molar-refractivity contribution in [1.82, 2.24) is 9.88 Å². The number of rotatable bonds is 4. The molecule has 3 rings (SSSR count). The van der Waals surface area contributed by atoms with Crippen LogP contribution in [0.15, 0.2) is 54.9 Å². The summed E-state index contributed by atoms with van der Waals surface area (Å²) in [5.41, 5.74) is 1.94. The molecule has 1 aromatic carbocycles. The van der Waals surface area contributed by atoms with Crippen LogP contribution in [0.4, 0.5) is 0 Å². The smallest absolute Gasteiger partial charge is 0.255 e. The van der Waals surface area contributed by atoms with E-state index < -0.39 is 0 Å². The van der Waals surface area contributed by atoms with Crippen LogP contribution in [0, 0.1) is 5.92 Å². The van der Waals surface area contributed by atoms with Gasteiger partial charge in [-0.1, -0.05) is 30.3 Å².